The van der Waals surface area contributed by atoms with Crippen LogP contribution in [0.4, 0.5) is 0 Å². The van der Waals surface area contributed by atoms with Gasteiger partial charge in [0.25, 0.3) is 0 Å². The van der Waals surface area contributed by atoms with Gasteiger partial charge >= 0.3 is 5.97 Å². The first kappa shape index (κ1) is 34.1. The highest BCUT2D eigenvalue weighted by Gasteiger charge is 2.44. The predicted molar refractivity (Wildman–Crippen MR) is 146 cm³/mol. The Balaban J connectivity index is 2.45. The van der Waals surface area contributed by atoms with Crippen LogP contribution in [0.2, 0.25) is 0 Å². The van der Waals surface area contributed by atoms with Crippen LogP contribution in [-0.2, 0) is 23.8 Å². The molecule has 2 aliphatic heterocycles. The molecule has 0 aromatic heterocycles. The van der Waals surface area contributed by atoms with E-state index in [0.29, 0.717) is 6.42 Å². The monoisotopic (exact) mass is 559 g/mol. The molecule has 10 nitrogen and oxygen atoms in total. The van der Waals surface area contributed by atoms with E-state index in [1.807, 2.05) is 25.9 Å². The van der Waals surface area contributed by atoms with Crippen molar-refractivity contribution in [1.29, 1.82) is 0 Å². The first-order valence-electron chi connectivity index (χ1n) is 14.4. The fourth-order valence-corrected chi connectivity index (χ4v) is 6.49. The third kappa shape index (κ3) is 8.44. The summed E-state index contributed by atoms with van der Waals surface area (Å²) < 4.78 is 18.2. The second kappa shape index (κ2) is 13.7. The largest absolute Gasteiger partial charge is 0.459 e. The van der Waals surface area contributed by atoms with Crippen LogP contribution in [0.25, 0.3) is 0 Å². The van der Waals surface area contributed by atoms with Crippen molar-refractivity contribution in [3.8, 4) is 0 Å². The Morgan fingerprint density at radius 2 is 1.59 bits per heavy atom. The lowest BCUT2D eigenvalue weighted by atomic mass is 9.76. The smallest absolute Gasteiger partial charge is 0.311 e. The predicted octanol–water partition coefficient (Wildman–Crippen LogP) is 1.75. The number of Topliss-reactive ketones (excluding diaryl/α,β-unsaturated/α-hetero) is 1. The lowest BCUT2D eigenvalue weighted by molar-refractivity contribution is -0.263. The fraction of sp³-hybridized carbons (Fsp3) is 0.931. The fourth-order valence-electron chi connectivity index (χ4n) is 6.49. The van der Waals surface area contributed by atoms with Gasteiger partial charge in [0, 0.05) is 30.2 Å². The van der Waals surface area contributed by atoms with E-state index in [1.54, 1.807) is 41.5 Å². The first-order chi connectivity index (χ1) is 17.9. The van der Waals surface area contributed by atoms with E-state index >= 15 is 0 Å². The summed E-state index contributed by atoms with van der Waals surface area (Å²) in [7, 11) is 3.75. The maximum Gasteiger partial charge on any atom is 0.311 e. The molecule has 14 atom stereocenters. The Morgan fingerprint density at radius 3 is 2.13 bits per heavy atom. The van der Waals surface area contributed by atoms with Gasteiger partial charge in [-0.1, -0.05) is 27.7 Å². The Hall–Kier alpha value is -1.14. The number of hydrogen-bond donors (Lipinski definition) is 4. The third-order valence-corrected chi connectivity index (χ3v) is 8.81. The van der Waals surface area contributed by atoms with Gasteiger partial charge in [0.1, 0.15) is 11.9 Å². The molecule has 0 aromatic carbocycles. The Labute approximate surface area is 234 Å². The summed E-state index contributed by atoms with van der Waals surface area (Å²) in [6, 6.07) is -0.214. The maximum absolute atomic E-state index is 13.5. The van der Waals surface area contributed by atoms with Gasteiger partial charge in [-0.15, -0.1) is 0 Å². The molecular formula is C29H53NO9. The summed E-state index contributed by atoms with van der Waals surface area (Å²) in [4.78, 5) is 28.6. The number of cyclic esters (lactones) is 1. The third-order valence-electron chi connectivity index (χ3n) is 8.81. The Kier molecular flexibility index (Phi) is 11.9. The van der Waals surface area contributed by atoms with Crippen LogP contribution in [0.1, 0.15) is 74.7 Å². The van der Waals surface area contributed by atoms with Crippen LogP contribution in [0.3, 0.4) is 0 Å². The molecular weight excluding hydrogens is 506 g/mol. The van der Waals surface area contributed by atoms with Crippen molar-refractivity contribution in [3.05, 3.63) is 0 Å². The molecule has 7 unspecified atom stereocenters. The number of rotatable bonds is 4. The molecule has 4 N–H and O–H groups in total. The van der Waals surface area contributed by atoms with Crippen LogP contribution in [0, 0.1) is 29.6 Å². The van der Waals surface area contributed by atoms with Crippen LogP contribution in [-0.4, -0.2) is 106 Å². The van der Waals surface area contributed by atoms with Gasteiger partial charge in [-0.3, -0.25) is 9.59 Å². The summed E-state index contributed by atoms with van der Waals surface area (Å²) in [6.07, 6.45) is -5.13. The number of likely N-dealkylation sites (N-methyl/N-ethyl adjacent to an activating group) is 1. The van der Waals surface area contributed by atoms with Crippen molar-refractivity contribution in [2.75, 3.05) is 14.1 Å². The number of ketones is 1. The van der Waals surface area contributed by atoms with Crippen LogP contribution < -0.4 is 0 Å². The van der Waals surface area contributed by atoms with E-state index < -0.39 is 78.2 Å². The van der Waals surface area contributed by atoms with Gasteiger partial charge in [-0.2, -0.15) is 0 Å². The second-order valence-electron chi connectivity index (χ2n) is 12.9. The molecule has 2 saturated heterocycles. The number of esters is 1. The molecule has 0 amide bonds. The molecule has 2 aliphatic rings. The number of carbonyl (C=O) groups excluding carboxylic acids is 2. The SMILES string of the molecule is CC(O)C1OC(=O)[C@H](C)C(OC2CC(N(C)C)C(O)C(C)O2)[C@H](C)C[C@](C)(O)C[C@@H](C)C(=O)[C@H](C)[C@@H](O)[C@H]1C. The number of nitrogens with zero attached hydrogens (tertiary/aromatic N) is 1. The highest BCUT2D eigenvalue weighted by molar-refractivity contribution is 5.83. The molecule has 2 rings (SSSR count). The molecule has 0 aromatic rings. The Bertz CT molecular complexity index is 819. The minimum absolute atomic E-state index is 0.179. The van der Waals surface area contributed by atoms with Crippen LogP contribution in [0.5, 0.6) is 0 Å². The number of hydrogen-bond acceptors (Lipinski definition) is 10. The molecule has 0 radical (unpaired) electrons. The van der Waals surface area contributed by atoms with Gasteiger partial charge in [0.15, 0.2) is 6.29 Å². The van der Waals surface area contributed by atoms with Crippen molar-refractivity contribution in [2.45, 2.75) is 129 Å². The van der Waals surface area contributed by atoms with Crippen LogP contribution in [0.15, 0.2) is 0 Å². The van der Waals surface area contributed by atoms with Gasteiger partial charge < -0.3 is 39.5 Å². The number of aliphatic hydroxyl groups is 4. The van der Waals surface area contributed by atoms with Gasteiger partial charge in [0.2, 0.25) is 0 Å². The van der Waals surface area contributed by atoms with E-state index in [4.69, 9.17) is 14.2 Å². The first-order valence-corrected chi connectivity index (χ1v) is 14.4. The average molecular weight is 560 g/mol. The van der Waals surface area contributed by atoms with E-state index in [0.717, 1.165) is 0 Å². The standard InChI is InChI=1S/C29H53NO9/c1-14-12-29(8,36)13-15(2)26(38-22-11-21(30(9)10)25(34)20(7)37-22)18(5)28(35)39-27(19(6)31)17(4)24(33)16(3)23(14)32/h14-22,24-27,31,33-34,36H,11-13H2,1-10H3/t14-,15-,16+,17-,18-,19?,20?,21?,22?,24-,25?,26?,27?,29-/m1/s1. The molecule has 0 spiro atoms. The molecule has 228 valence electrons. The lowest BCUT2D eigenvalue weighted by Gasteiger charge is -2.43. The Morgan fingerprint density at radius 1 is 1.00 bits per heavy atom. The van der Waals surface area contributed by atoms with Gasteiger partial charge in [-0.25, -0.2) is 0 Å². The highest BCUT2D eigenvalue weighted by atomic mass is 16.7. The van der Waals surface area contributed by atoms with E-state index in [-0.39, 0.29) is 30.6 Å². The van der Waals surface area contributed by atoms with Crippen molar-refractivity contribution in [1.82, 2.24) is 4.90 Å². The molecule has 2 heterocycles. The quantitative estimate of drug-likeness (QED) is 0.376. The lowest BCUT2D eigenvalue weighted by Crippen LogP contribution is -2.55. The summed E-state index contributed by atoms with van der Waals surface area (Å²) >= 11 is 0. The van der Waals surface area contributed by atoms with Gasteiger partial charge in [-0.05, 0) is 60.5 Å². The summed E-state index contributed by atoms with van der Waals surface area (Å²) in [5.74, 6) is -3.99. The number of aliphatic hydroxyl groups excluding tert-OH is 3. The summed E-state index contributed by atoms with van der Waals surface area (Å²) in [5, 5.41) is 43.4. The van der Waals surface area contributed by atoms with E-state index in [2.05, 4.69) is 0 Å². The minimum atomic E-state index is -1.24. The maximum atomic E-state index is 13.5. The molecule has 2 fully saturated rings. The summed E-state index contributed by atoms with van der Waals surface area (Å²) in [5.41, 5.74) is -1.24. The molecule has 39 heavy (non-hydrogen) atoms. The number of carbonyl (C=O) groups is 2. The molecule has 10 heteroatoms. The van der Waals surface area contributed by atoms with Crippen molar-refractivity contribution in [2.24, 2.45) is 29.6 Å². The molecule has 0 bridgehead atoms. The second-order valence-corrected chi connectivity index (χ2v) is 12.9. The zero-order valence-electron chi connectivity index (χ0n) is 25.4. The minimum Gasteiger partial charge on any atom is -0.459 e. The number of ether oxygens (including phenoxy) is 3. The van der Waals surface area contributed by atoms with Gasteiger partial charge in [0.05, 0.1) is 42.0 Å². The molecule has 0 aliphatic carbocycles. The summed E-state index contributed by atoms with van der Waals surface area (Å²) in [6.45, 7) is 13.5. The van der Waals surface area contributed by atoms with E-state index in [1.165, 1.54) is 6.92 Å². The van der Waals surface area contributed by atoms with Crippen LogP contribution >= 0.6 is 0 Å². The topological polar surface area (TPSA) is 146 Å². The molecule has 0 saturated carbocycles. The average Bonchev–Trinajstić information content (AvgIpc) is 2.83. The highest BCUT2D eigenvalue weighted by Crippen LogP contribution is 2.35. The van der Waals surface area contributed by atoms with Crippen molar-refractivity contribution in [3.63, 3.8) is 0 Å². The zero-order valence-corrected chi connectivity index (χ0v) is 25.4. The van der Waals surface area contributed by atoms with Crippen molar-refractivity contribution >= 4 is 11.8 Å². The zero-order chi connectivity index (χ0) is 30.0. The normalized spacial score (nSPS) is 46.4. The van der Waals surface area contributed by atoms with Crippen molar-refractivity contribution < 1.29 is 44.2 Å². The van der Waals surface area contributed by atoms with E-state index in [9.17, 15) is 30.0 Å².